The van der Waals surface area contributed by atoms with Gasteiger partial charge in [-0.25, -0.2) is 9.59 Å². The first-order chi connectivity index (χ1) is 9.31. The van der Waals surface area contributed by atoms with Crippen LogP contribution in [0, 0.1) is 5.92 Å². The lowest BCUT2D eigenvalue weighted by atomic mass is 10.0. The Morgan fingerprint density at radius 2 is 1.95 bits per heavy atom. The van der Waals surface area contributed by atoms with Gasteiger partial charge in [-0.3, -0.25) is 0 Å². The third-order valence-corrected chi connectivity index (χ3v) is 2.43. The second-order valence-corrected chi connectivity index (χ2v) is 5.44. The molecule has 7 heteroatoms. The highest BCUT2D eigenvalue weighted by atomic mass is 16.5. The number of nitrogens with zero attached hydrogens (tertiary/aromatic N) is 1. The number of hydrogen-bond acceptors (Lipinski definition) is 4. The number of ether oxygens (including phenoxy) is 1. The number of hydrogen-bond donors (Lipinski definition) is 3. The second-order valence-electron chi connectivity index (χ2n) is 5.44. The molecule has 7 nitrogen and oxygen atoms in total. The predicted octanol–water partition coefficient (Wildman–Crippen LogP) is 0.363. The summed E-state index contributed by atoms with van der Waals surface area (Å²) in [4.78, 5) is 23.9. The first-order valence-corrected chi connectivity index (χ1v) is 6.80. The molecular formula is C13H27N3O4. The fraction of sp³-hybridized carbons (Fsp3) is 0.846. The van der Waals surface area contributed by atoms with Crippen molar-refractivity contribution in [2.75, 3.05) is 40.4 Å². The topological polar surface area (TPSA) is 90.9 Å². The Bertz CT molecular complexity index is 285. The molecule has 0 aliphatic carbocycles. The molecule has 20 heavy (non-hydrogen) atoms. The minimum atomic E-state index is -1.02. The van der Waals surface area contributed by atoms with E-state index in [0.717, 1.165) is 13.0 Å². The van der Waals surface area contributed by atoms with Crippen LogP contribution >= 0.6 is 0 Å². The Hall–Kier alpha value is -1.34. The maximum absolute atomic E-state index is 11.7. The highest BCUT2D eigenvalue weighted by molar-refractivity contribution is 5.74. The van der Waals surface area contributed by atoms with E-state index in [2.05, 4.69) is 24.5 Å². The summed E-state index contributed by atoms with van der Waals surface area (Å²) in [7, 11) is 3.93. The summed E-state index contributed by atoms with van der Waals surface area (Å²) in [6, 6.07) is -0.165. The van der Waals surface area contributed by atoms with Gasteiger partial charge in [-0.15, -0.1) is 0 Å². The SMILES string of the molecule is CC(C)CC(CN(C)C)NC(=O)NCCOCC(=O)O. The van der Waals surface area contributed by atoms with Gasteiger partial charge in [-0.1, -0.05) is 13.8 Å². The molecule has 1 unspecified atom stereocenters. The smallest absolute Gasteiger partial charge is 0.329 e. The molecule has 0 aromatic rings. The van der Waals surface area contributed by atoms with Crippen molar-refractivity contribution in [2.24, 2.45) is 5.92 Å². The average molecular weight is 289 g/mol. The van der Waals surface area contributed by atoms with E-state index < -0.39 is 5.97 Å². The minimum Gasteiger partial charge on any atom is -0.480 e. The van der Waals surface area contributed by atoms with Crippen LogP contribution in [0.3, 0.4) is 0 Å². The van der Waals surface area contributed by atoms with Gasteiger partial charge in [-0.2, -0.15) is 0 Å². The molecule has 0 rings (SSSR count). The second kappa shape index (κ2) is 10.4. The molecule has 0 heterocycles. The quantitative estimate of drug-likeness (QED) is 0.505. The molecule has 118 valence electrons. The van der Waals surface area contributed by atoms with Crippen LogP contribution in [0.4, 0.5) is 4.79 Å². The van der Waals surface area contributed by atoms with Gasteiger partial charge < -0.3 is 25.4 Å². The van der Waals surface area contributed by atoms with Crippen molar-refractivity contribution < 1.29 is 19.4 Å². The first-order valence-electron chi connectivity index (χ1n) is 6.80. The normalized spacial score (nSPS) is 12.5. The number of carbonyl (C=O) groups excluding carboxylic acids is 1. The molecule has 0 aliphatic rings. The van der Waals surface area contributed by atoms with Gasteiger partial charge in [0.15, 0.2) is 0 Å². The summed E-state index contributed by atoms with van der Waals surface area (Å²) in [6.07, 6.45) is 0.904. The first kappa shape index (κ1) is 18.7. The molecule has 0 aliphatic heterocycles. The van der Waals surface area contributed by atoms with E-state index >= 15 is 0 Å². The standard InChI is InChI=1S/C13H27N3O4/c1-10(2)7-11(8-16(3)4)15-13(19)14-5-6-20-9-12(17)18/h10-11H,5-9H2,1-4H3,(H,17,18)(H2,14,15,19). The molecule has 0 saturated heterocycles. The number of aliphatic carboxylic acids is 1. The van der Waals surface area contributed by atoms with E-state index in [1.807, 2.05) is 19.0 Å². The van der Waals surface area contributed by atoms with E-state index in [1.54, 1.807) is 0 Å². The van der Waals surface area contributed by atoms with E-state index in [-0.39, 0.29) is 31.8 Å². The lowest BCUT2D eigenvalue weighted by Crippen LogP contribution is -2.47. The zero-order valence-corrected chi connectivity index (χ0v) is 12.8. The lowest BCUT2D eigenvalue weighted by molar-refractivity contribution is -0.142. The van der Waals surface area contributed by atoms with Crippen molar-refractivity contribution >= 4 is 12.0 Å². The monoisotopic (exact) mass is 289 g/mol. The van der Waals surface area contributed by atoms with Crippen LogP contribution in [0.2, 0.25) is 0 Å². The van der Waals surface area contributed by atoms with E-state index in [9.17, 15) is 9.59 Å². The molecule has 0 saturated carbocycles. The third kappa shape index (κ3) is 11.7. The van der Waals surface area contributed by atoms with Gasteiger partial charge in [0.1, 0.15) is 6.61 Å². The van der Waals surface area contributed by atoms with Gasteiger partial charge in [0.2, 0.25) is 0 Å². The van der Waals surface area contributed by atoms with Gasteiger partial charge >= 0.3 is 12.0 Å². The van der Waals surface area contributed by atoms with Gasteiger partial charge in [0, 0.05) is 19.1 Å². The van der Waals surface area contributed by atoms with Crippen molar-refractivity contribution in [1.82, 2.24) is 15.5 Å². The maximum Gasteiger partial charge on any atom is 0.329 e. The Balaban J connectivity index is 3.90. The fourth-order valence-corrected chi connectivity index (χ4v) is 1.82. The molecule has 2 amide bonds. The number of carboxylic acid groups (broad SMARTS) is 1. The Morgan fingerprint density at radius 1 is 1.30 bits per heavy atom. The van der Waals surface area contributed by atoms with Crippen LogP contribution in [0.5, 0.6) is 0 Å². The van der Waals surface area contributed by atoms with E-state index in [0.29, 0.717) is 5.92 Å². The molecule has 3 N–H and O–H groups in total. The molecule has 0 aromatic heterocycles. The highest BCUT2D eigenvalue weighted by Crippen LogP contribution is 2.05. The molecule has 0 aromatic carbocycles. The van der Waals surface area contributed by atoms with E-state index in [4.69, 9.17) is 9.84 Å². The molecule has 0 bridgehead atoms. The summed E-state index contributed by atoms with van der Waals surface area (Å²) in [5, 5.41) is 13.9. The Kier molecular flexibility index (Phi) is 9.75. The van der Waals surface area contributed by atoms with Gasteiger partial charge in [0.25, 0.3) is 0 Å². The minimum absolute atomic E-state index is 0.0879. The number of amides is 2. The van der Waals surface area contributed by atoms with Crippen molar-refractivity contribution in [1.29, 1.82) is 0 Å². The Labute approximate surface area is 120 Å². The number of rotatable bonds is 10. The number of urea groups is 1. The maximum atomic E-state index is 11.7. The molecule has 0 radical (unpaired) electrons. The molecule has 0 spiro atoms. The van der Waals surface area contributed by atoms with Crippen molar-refractivity contribution in [2.45, 2.75) is 26.3 Å². The fourth-order valence-electron chi connectivity index (χ4n) is 1.82. The molecule has 0 fully saturated rings. The zero-order chi connectivity index (χ0) is 15.5. The summed E-state index contributed by atoms with van der Waals surface area (Å²) in [5.41, 5.74) is 0. The average Bonchev–Trinajstić information content (AvgIpc) is 2.25. The highest BCUT2D eigenvalue weighted by Gasteiger charge is 2.14. The van der Waals surface area contributed by atoms with Crippen LogP contribution in [0.1, 0.15) is 20.3 Å². The number of carbonyl (C=O) groups is 2. The van der Waals surface area contributed by atoms with Crippen molar-refractivity contribution in [3.63, 3.8) is 0 Å². The number of likely N-dealkylation sites (N-methyl/N-ethyl adjacent to an activating group) is 1. The Morgan fingerprint density at radius 3 is 2.45 bits per heavy atom. The summed E-state index contributed by atoms with van der Waals surface area (Å²) in [5.74, 6) is -0.517. The largest absolute Gasteiger partial charge is 0.480 e. The van der Waals surface area contributed by atoms with Crippen LogP contribution in [0.15, 0.2) is 0 Å². The number of carboxylic acids is 1. The van der Waals surface area contributed by atoms with Crippen molar-refractivity contribution in [3.8, 4) is 0 Å². The van der Waals surface area contributed by atoms with Crippen molar-refractivity contribution in [3.05, 3.63) is 0 Å². The third-order valence-electron chi connectivity index (χ3n) is 2.43. The number of nitrogens with one attached hydrogen (secondary N) is 2. The van der Waals surface area contributed by atoms with Gasteiger partial charge in [-0.05, 0) is 26.4 Å². The van der Waals surface area contributed by atoms with Crippen LogP contribution < -0.4 is 10.6 Å². The van der Waals surface area contributed by atoms with E-state index in [1.165, 1.54) is 0 Å². The summed E-state index contributed by atoms with van der Waals surface area (Å²) in [6.45, 7) is 5.13. The molecule has 1 atom stereocenters. The van der Waals surface area contributed by atoms with Crippen LogP contribution in [-0.4, -0.2) is 68.4 Å². The zero-order valence-electron chi connectivity index (χ0n) is 12.8. The van der Waals surface area contributed by atoms with Crippen LogP contribution in [-0.2, 0) is 9.53 Å². The van der Waals surface area contributed by atoms with Gasteiger partial charge in [0.05, 0.1) is 6.61 Å². The van der Waals surface area contributed by atoms with Crippen LogP contribution in [0.25, 0.3) is 0 Å². The summed E-state index contributed by atoms with van der Waals surface area (Å²) < 4.78 is 4.83. The summed E-state index contributed by atoms with van der Waals surface area (Å²) >= 11 is 0. The predicted molar refractivity (Wildman–Crippen MR) is 76.8 cm³/mol. The molecular weight excluding hydrogens is 262 g/mol. The lowest BCUT2D eigenvalue weighted by Gasteiger charge is -2.24.